The summed E-state index contributed by atoms with van der Waals surface area (Å²) in [6, 6.07) is 12.3. The number of nitrogens with zero attached hydrogens (tertiary/aromatic N) is 3. The van der Waals surface area contributed by atoms with Crippen LogP contribution in [0, 0.1) is 5.82 Å². The fourth-order valence-corrected chi connectivity index (χ4v) is 3.67. The Hall–Kier alpha value is -3.60. The summed E-state index contributed by atoms with van der Waals surface area (Å²) >= 11 is 0. The third-order valence-electron chi connectivity index (χ3n) is 5.43. The van der Waals surface area contributed by atoms with Crippen LogP contribution in [0.3, 0.4) is 0 Å². The molecule has 0 bridgehead atoms. The molecule has 0 fully saturated rings. The summed E-state index contributed by atoms with van der Waals surface area (Å²) in [7, 11) is 0. The third-order valence-corrected chi connectivity index (χ3v) is 5.43. The van der Waals surface area contributed by atoms with Crippen LogP contribution < -0.4 is 22.3 Å². The maximum atomic E-state index is 14.9. The molecule has 6 N–H and O–H groups in total. The highest BCUT2D eigenvalue weighted by Gasteiger charge is 2.13. The van der Waals surface area contributed by atoms with Crippen LogP contribution in [0.5, 0.6) is 0 Å². The molecule has 10 heteroatoms. The largest absolute Gasteiger partial charge is 0.423 e. The van der Waals surface area contributed by atoms with Gasteiger partial charge in [0.1, 0.15) is 11.3 Å². The molecule has 0 aliphatic heterocycles. The number of oxazole rings is 1. The lowest BCUT2D eigenvalue weighted by atomic mass is 10.1. The minimum absolute atomic E-state index is 0.174. The number of aromatic amines is 1. The number of nitrogens with two attached hydrogens (primary N) is 2. The molecule has 9 nitrogen and oxygen atoms in total. The monoisotopic (exact) mass is 465 g/mol. The maximum Gasteiger partial charge on any atom is 0.302 e. The van der Waals surface area contributed by atoms with Crippen molar-refractivity contribution in [1.82, 2.24) is 19.9 Å². The van der Waals surface area contributed by atoms with Crippen LogP contribution in [0.4, 0.5) is 16.4 Å². The highest BCUT2D eigenvalue weighted by Crippen LogP contribution is 2.22. The van der Waals surface area contributed by atoms with Crippen LogP contribution in [0.1, 0.15) is 18.4 Å². The highest BCUT2D eigenvalue weighted by atomic mass is 19.1. The zero-order chi connectivity index (χ0) is 23.9. The van der Waals surface area contributed by atoms with Gasteiger partial charge in [0.15, 0.2) is 5.58 Å². The van der Waals surface area contributed by atoms with Crippen LogP contribution in [-0.2, 0) is 6.54 Å². The Balaban J connectivity index is 1.49. The van der Waals surface area contributed by atoms with E-state index in [1.165, 1.54) is 12.3 Å². The Morgan fingerprint density at radius 3 is 2.53 bits per heavy atom. The van der Waals surface area contributed by atoms with Gasteiger partial charge in [-0.15, -0.1) is 0 Å². The average Bonchev–Trinajstić information content (AvgIpc) is 3.24. The van der Waals surface area contributed by atoms with Crippen LogP contribution in [0.2, 0.25) is 0 Å². The molecule has 0 aliphatic rings. The van der Waals surface area contributed by atoms with E-state index in [9.17, 15) is 9.18 Å². The summed E-state index contributed by atoms with van der Waals surface area (Å²) in [4.78, 5) is 26.0. The van der Waals surface area contributed by atoms with E-state index < -0.39 is 5.56 Å². The van der Waals surface area contributed by atoms with Crippen molar-refractivity contribution in [1.29, 1.82) is 0 Å². The van der Waals surface area contributed by atoms with Crippen molar-refractivity contribution < 1.29 is 8.81 Å². The average molecular weight is 466 g/mol. The number of hydrogen-bond acceptors (Lipinski definition) is 8. The minimum atomic E-state index is -0.409. The summed E-state index contributed by atoms with van der Waals surface area (Å²) in [6.45, 7) is 3.15. The molecule has 0 unspecified atom stereocenters. The lowest BCUT2D eigenvalue weighted by Crippen LogP contribution is -2.28. The number of aromatic nitrogens is 3. The smallest absolute Gasteiger partial charge is 0.302 e. The SMILES string of the molecule is NCCCN(CCCN)Cc1ccc(-c2cnc(Nc3nc4ccccc4o3)[nH]c2=O)cc1F. The molecule has 0 atom stereocenters. The first-order valence-electron chi connectivity index (χ1n) is 11.2. The summed E-state index contributed by atoms with van der Waals surface area (Å²) in [6.07, 6.45) is 3.05. The number of anilines is 2. The molecule has 4 rings (SSSR count). The molecule has 0 aliphatic carbocycles. The number of benzene rings is 2. The van der Waals surface area contributed by atoms with Gasteiger partial charge in [-0.3, -0.25) is 20.0 Å². The summed E-state index contributed by atoms with van der Waals surface area (Å²) in [5.74, 6) is -0.205. The second-order valence-electron chi connectivity index (χ2n) is 7.95. The van der Waals surface area contributed by atoms with Gasteiger partial charge in [-0.2, -0.15) is 4.98 Å². The van der Waals surface area contributed by atoms with Crippen molar-refractivity contribution in [3.05, 3.63) is 70.4 Å². The van der Waals surface area contributed by atoms with E-state index in [4.69, 9.17) is 15.9 Å². The van der Waals surface area contributed by atoms with E-state index in [2.05, 4.69) is 25.2 Å². The number of halogens is 1. The highest BCUT2D eigenvalue weighted by molar-refractivity contribution is 5.74. The van der Waals surface area contributed by atoms with Crippen molar-refractivity contribution in [3.63, 3.8) is 0 Å². The molecule has 4 aromatic rings. The Labute approximate surface area is 196 Å². The Kier molecular flexibility index (Phi) is 7.63. The van der Waals surface area contributed by atoms with Crippen molar-refractivity contribution >= 4 is 23.1 Å². The predicted molar refractivity (Wildman–Crippen MR) is 130 cm³/mol. The predicted octanol–water partition coefficient (Wildman–Crippen LogP) is 2.96. The van der Waals surface area contributed by atoms with Gasteiger partial charge in [-0.25, -0.2) is 9.37 Å². The fraction of sp³-hybridized carbons (Fsp3) is 0.292. The normalized spacial score (nSPS) is 11.4. The molecule has 0 amide bonds. The van der Waals surface area contributed by atoms with E-state index in [0.29, 0.717) is 41.9 Å². The van der Waals surface area contributed by atoms with Gasteiger partial charge in [0.25, 0.3) is 5.56 Å². The van der Waals surface area contributed by atoms with Crippen molar-refractivity contribution in [2.24, 2.45) is 11.5 Å². The van der Waals surface area contributed by atoms with Crippen LogP contribution in [0.25, 0.3) is 22.2 Å². The number of hydrogen-bond donors (Lipinski definition) is 4. The van der Waals surface area contributed by atoms with Crippen LogP contribution in [-0.4, -0.2) is 46.0 Å². The Morgan fingerprint density at radius 2 is 1.85 bits per heavy atom. The number of fused-ring (bicyclic) bond motifs is 1. The number of nitrogens with one attached hydrogen (secondary N) is 2. The van der Waals surface area contributed by atoms with Crippen LogP contribution in [0.15, 0.2) is 57.9 Å². The Morgan fingerprint density at radius 1 is 1.09 bits per heavy atom. The van der Waals surface area contributed by atoms with Gasteiger partial charge in [0.05, 0.1) is 5.56 Å². The van der Waals surface area contributed by atoms with Crippen molar-refractivity contribution in [2.75, 3.05) is 31.5 Å². The molecule has 2 heterocycles. The standard InChI is InChI=1S/C24H28FN7O2/c25-19-13-16(7-8-17(19)15-32(11-3-9-26)12-4-10-27)18-14-28-23(30-22(18)33)31-24-29-20-5-1-2-6-21(20)34-24/h1-2,5-8,13-14H,3-4,9-12,15,26-27H2,(H2,28,29,30,31,33). The molecule has 178 valence electrons. The molecule has 2 aromatic carbocycles. The lowest BCUT2D eigenvalue weighted by molar-refractivity contribution is 0.258. The van der Waals surface area contributed by atoms with Gasteiger partial charge in [0.2, 0.25) is 5.95 Å². The zero-order valence-corrected chi connectivity index (χ0v) is 18.8. The molecule has 0 radical (unpaired) electrons. The van der Waals surface area contributed by atoms with Crippen molar-refractivity contribution in [2.45, 2.75) is 19.4 Å². The van der Waals surface area contributed by atoms with Gasteiger partial charge in [-0.1, -0.05) is 24.3 Å². The summed E-state index contributed by atoms with van der Waals surface area (Å²) < 4.78 is 20.5. The molecule has 0 saturated carbocycles. The number of H-pyrrole nitrogens is 1. The van der Waals surface area contributed by atoms with E-state index in [0.717, 1.165) is 25.9 Å². The lowest BCUT2D eigenvalue weighted by Gasteiger charge is -2.22. The van der Waals surface area contributed by atoms with E-state index in [-0.39, 0.29) is 23.3 Å². The molecule has 2 aromatic heterocycles. The van der Waals surface area contributed by atoms with Gasteiger partial charge < -0.3 is 15.9 Å². The Bertz CT molecular complexity index is 1260. The van der Waals surface area contributed by atoms with Crippen LogP contribution >= 0.6 is 0 Å². The van der Waals surface area contributed by atoms with Gasteiger partial charge in [-0.05, 0) is 62.8 Å². The number of rotatable bonds is 11. The second kappa shape index (κ2) is 11.0. The van der Waals surface area contributed by atoms with E-state index >= 15 is 0 Å². The summed E-state index contributed by atoms with van der Waals surface area (Å²) in [5, 5.41) is 2.85. The summed E-state index contributed by atoms with van der Waals surface area (Å²) in [5.41, 5.74) is 13.4. The maximum absolute atomic E-state index is 14.9. The van der Waals surface area contributed by atoms with E-state index in [1.54, 1.807) is 18.2 Å². The third kappa shape index (κ3) is 5.66. The zero-order valence-electron chi connectivity index (χ0n) is 18.8. The minimum Gasteiger partial charge on any atom is -0.423 e. The number of para-hydroxylation sites is 2. The second-order valence-corrected chi connectivity index (χ2v) is 7.95. The topological polar surface area (TPSA) is 139 Å². The van der Waals surface area contributed by atoms with Crippen molar-refractivity contribution in [3.8, 4) is 11.1 Å². The molecular formula is C24H28FN7O2. The van der Waals surface area contributed by atoms with Gasteiger partial charge in [0, 0.05) is 18.3 Å². The molecular weight excluding hydrogens is 437 g/mol. The fourth-order valence-electron chi connectivity index (χ4n) is 3.67. The van der Waals surface area contributed by atoms with Gasteiger partial charge >= 0.3 is 6.01 Å². The molecule has 0 spiro atoms. The molecule has 34 heavy (non-hydrogen) atoms. The van der Waals surface area contributed by atoms with E-state index in [1.807, 2.05) is 18.2 Å². The first-order chi connectivity index (χ1) is 16.6. The first kappa shape index (κ1) is 23.6. The quantitative estimate of drug-likeness (QED) is 0.265. The molecule has 0 saturated heterocycles. The first-order valence-corrected chi connectivity index (χ1v) is 11.2.